The van der Waals surface area contributed by atoms with Crippen molar-refractivity contribution in [2.45, 2.75) is 26.5 Å². The molecule has 0 bridgehead atoms. The van der Waals surface area contributed by atoms with Crippen molar-refractivity contribution >= 4 is 39.3 Å². The highest BCUT2D eigenvalue weighted by Crippen LogP contribution is 2.38. The van der Waals surface area contributed by atoms with Gasteiger partial charge in [0.1, 0.15) is 6.61 Å². The van der Waals surface area contributed by atoms with Gasteiger partial charge in [-0.15, -0.1) is 0 Å². The van der Waals surface area contributed by atoms with Crippen LogP contribution in [-0.2, 0) is 16.1 Å². The summed E-state index contributed by atoms with van der Waals surface area (Å²) >= 11 is 4.77. The van der Waals surface area contributed by atoms with Gasteiger partial charge in [0.05, 0.1) is 59.7 Å². The molecule has 3 aromatic carbocycles. The van der Waals surface area contributed by atoms with Gasteiger partial charge in [-0.05, 0) is 77.3 Å². The standard InChI is InChI=1S/C34H30BrN3O7S/c1-5-43-26-12-11-21(16-27(26)44-6-2)30-24(33(40)42-4)18-37-34-38(30)32(39)29(46-34)15-20-13-25(35)31(28(14-20)41-3)45-19-23-10-8-7-9-22(23)17-36/h7-16,18,30H,5-6,19H2,1-4H3/b29-15-/t30-/m0/s1. The van der Waals surface area contributed by atoms with Crippen molar-refractivity contribution in [2.75, 3.05) is 27.4 Å². The largest absolute Gasteiger partial charge is 0.493 e. The Labute approximate surface area is 277 Å². The van der Waals surface area contributed by atoms with E-state index < -0.39 is 12.0 Å². The Bertz CT molecular complexity index is 2040. The van der Waals surface area contributed by atoms with E-state index in [0.29, 0.717) is 66.7 Å². The molecule has 0 fully saturated rings. The third-order valence-electron chi connectivity index (χ3n) is 7.07. The Balaban J connectivity index is 1.56. The van der Waals surface area contributed by atoms with Gasteiger partial charge in [-0.3, -0.25) is 9.36 Å². The number of carbonyl (C=O) groups excluding carboxylic acids is 1. The van der Waals surface area contributed by atoms with Crippen LogP contribution in [0.5, 0.6) is 23.0 Å². The molecule has 46 heavy (non-hydrogen) atoms. The first-order chi connectivity index (χ1) is 22.3. The minimum Gasteiger partial charge on any atom is -0.493 e. The molecule has 1 aliphatic rings. The van der Waals surface area contributed by atoms with Crippen molar-refractivity contribution in [3.63, 3.8) is 0 Å². The molecule has 0 N–H and O–H groups in total. The van der Waals surface area contributed by atoms with Crippen molar-refractivity contribution in [3.05, 3.63) is 113 Å². The Kier molecular flexibility index (Phi) is 10.2. The SMILES string of the molecule is CCOc1ccc([C@H]2C(C(=O)OC)=CN=c3s/c(=C\c4cc(Br)c(OCc5ccccc5C#N)c(OC)c4)c(=O)n32)cc1OCC. The summed E-state index contributed by atoms with van der Waals surface area (Å²) < 4.78 is 30.8. The predicted molar refractivity (Wildman–Crippen MR) is 176 cm³/mol. The fourth-order valence-electron chi connectivity index (χ4n) is 5.01. The highest BCUT2D eigenvalue weighted by atomic mass is 79.9. The third-order valence-corrected chi connectivity index (χ3v) is 8.65. The van der Waals surface area contributed by atoms with Gasteiger partial charge in [-0.2, -0.15) is 5.26 Å². The molecule has 236 valence electrons. The number of aromatic nitrogens is 1. The maximum absolute atomic E-state index is 14.0. The zero-order valence-corrected chi connectivity index (χ0v) is 27.9. The van der Waals surface area contributed by atoms with E-state index in [4.69, 9.17) is 23.7 Å². The van der Waals surface area contributed by atoms with Gasteiger partial charge in [0.2, 0.25) is 0 Å². The summed E-state index contributed by atoms with van der Waals surface area (Å²) in [5.41, 5.74) is 2.44. The first kappa shape index (κ1) is 32.5. The number of esters is 1. The first-order valence-electron chi connectivity index (χ1n) is 14.3. The smallest absolute Gasteiger partial charge is 0.337 e. The lowest BCUT2D eigenvalue weighted by Crippen LogP contribution is -2.39. The van der Waals surface area contributed by atoms with E-state index in [0.717, 1.165) is 5.56 Å². The molecule has 0 amide bonds. The van der Waals surface area contributed by atoms with E-state index in [-0.39, 0.29) is 17.7 Å². The summed E-state index contributed by atoms with van der Waals surface area (Å²) in [5.74, 6) is 1.35. The monoisotopic (exact) mass is 703 g/mol. The summed E-state index contributed by atoms with van der Waals surface area (Å²) in [6.45, 7) is 4.76. The van der Waals surface area contributed by atoms with Crippen LogP contribution in [0.2, 0.25) is 0 Å². The Hall–Kier alpha value is -4.86. The van der Waals surface area contributed by atoms with E-state index in [1.54, 1.807) is 42.5 Å². The van der Waals surface area contributed by atoms with Gasteiger partial charge in [0.15, 0.2) is 27.8 Å². The van der Waals surface area contributed by atoms with E-state index in [2.05, 4.69) is 27.0 Å². The Morgan fingerprint density at radius 1 is 1.04 bits per heavy atom. The molecule has 4 aromatic rings. The fourth-order valence-corrected chi connectivity index (χ4v) is 6.55. The van der Waals surface area contributed by atoms with Crippen molar-refractivity contribution in [2.24, 2.45) is 4.99 Å². The van der Waals surface area contributed by atoms with Gasteiger partial charge in [0.25, 0.3) is 5.56 Å². The first-order valence-corrected chi connectivity index (χ1v) is 15.9. The van der Waals surface area contributed by atoms with Crippen LogP contribution in [0, 0.1) is 11.3 Å². The Morgan fingerprint density at radius 3 is 2.52 bits per heavy atom. The van der Waals surface area contributed by atoms with Crippen molar-refractivity contribution in [3.8, 4) is 29.1 Å². The normalized spacial score (nSPS) is 14.0. The van der Waals surface area contributed by atoms with Crippen LogP contribution < -0.4 is 33.8 Å². The van der Waals surface area contributed by atoms with E-state index >= 15 is 0 Å². The topological polar surface area (TPSA) is 121 Å². The average Bonchev–Trinajstić information content (AvgIpc) is 3.38. The minimum atomic E-state index is -0.811. The van der Waals surface area contributed by atoms with E-state index in [1.165, 1.54) is 36.3 Å². The number of nitrogens with zero attached hydrogens (tertiary/aromatic N) is 3. The summed E-state index contributed by atoms with van der Waals surface area (Å²) in [6, 6.07) is 17.5. The molecule has 10 nitrogen and oxygen atoms in total. The van der Waals surface area contributed by atoms with Gasteiger partial charge in [-0.1, -0.05) is 35.6 Å². The molecule has 5 rings (SSSR count). The maximum atomic E-state index is 14.0. The number of methoxy groups -OCH3 is 2. The molecular weight excluding hydrogens is 674 g/mol. The highest BCUT2D eigenvalue weighted by molar-refractivity contribution is 9.10. The molecule has 0 aliphatic carbocycles. The van der Waals surface area contributed by atoms with Crippen LogP contribution in [0.3, 0.4) is 0 Å². The van der Waals surface area contributed by atoms with Gasteiger partial charge >= 0.3 is 5.97 Å². The molecule has 12 heteroatoms. The van der Waals surface area contributed by atoms with Crippen molar-refractivity contribution in [1.29, 1.82) is 5.26 Å². The van der Waals surface area contributed by atoms with E-state index in [9.17, 15) is 14.9 Å². The number of hydrogen-bond donors (Lipinski definition) is 0. The molecule has 1 aliphatic heterocycles. The predicted octanol–water partition coefficient (Wildman–Crippen LogP) is 5.04. The second-order valence-electron chi connectivity index (χ2n) is 9.84. The molecule has 0 unspecified atom stereocenters. The fraction of sp³-hybridized carbons (Fsp3) is 0.235. The summed E-state index contributed by atoms with van der Waals surface area (Å²) in [6.07, 6.45) is 3.17. The number of hydrogen-bond acceptors (Lipinski definition) is 10. The summed E-state index contributed by atoms with van der Waals surface area (Å²) in [4.78, 5) is 31.8. The van der Waals surface area contributed by atoms with Gasteiger partial charge in [0, 0.05) is 11.8 Å². The molecule has 2 heterocycles. The van der Waals surface area contributed by atoms with Gasteiger partial charge < -0.3 is 23.7 Å². The number of benzene rings is 3. The number of rotatable bonds is 11. The molecule has 0 saturated carbocycles. The molecule has 0 saturated heterocycles. The van der Waals surface area contributed by atoms with Crippen LogP contribution >= 0.6 is 27.3 Å². The zero-order chi connectivity index (χ0) is 32.8. The van der Waals surface area contributed by atoms with E-state index in [1.807, 2.05) is 32.0 Å². The van der Waals surface area contributed by atoms with Gasteiger partial charge in [-0.25, -0.2) is 9.79 Å². The van der Waals surface area contributed by atoms with Crippen LogP contribution in [0.25, 0.3) is 6.08 Å². The summed E-state index contributed by atoms with van der Waals surface area (Å²) in [5, 5.41) is 9.42. The number of thiazole rings is 1. The Morgan fingerprint density at radius 2 is 1.80 bits per heavy atom. The number of fused-ring (bicyclic) bond motifs is 1. The van der Waals surface area contributed by atoms with Crippen LogP contribution in [0.1, 0.15) is 42.1 Å². The molecule has 0 spiro atoms. The molecule has 1 aromatic heterocycles. The quantitative estimate of drug-likeness (QED) is 0.199. The minimum absolute atomic E-state index is 0.162. The van der Waals surface area contributed by atoms with Crippen LogP contribution in [-0.4, -0.2) is 38.0 Å². The number of ether oxygens (including phenoxy) is 5. The maximum Gasteiger partial charge on any atom is 0.337 e. The number of halogens is 1. The lowest BCUT2D eigenvalue weighted by Gasteiger charge is -2.23. The average molecular weight is 705 g/mol. The highest BCUT2D eigenvalue weighted by Gasteiger charge is 2.31. The zero-order valence-electron chi connectivity index (χ0n) is 25.5. The second kappa shape index (κ2) is 14.5. The van der Waals surface area contributed by atoms with Crippen molar-refractivity contribution < 1.29 is 28.5 Å². The van der Waals surface area contributed by atoms with Crippen molar-refractivity contribution in [1.82, 2.24) is 4.57 Å². The third kappa shape index (κ3) is 6.56. The number of carbonyl (C=O) groups is 1. The summed E-state index contributed by atoms with van der Waals surface area (Å²) in [7, 11) is 2.81. The lowest BCUT2D eigenvalue weighted by molar-refractivity contribution is -0.136. The molecule has 1 atom stereocenters. The lowest BCUT2D eigenvalue weighted by atomic mass is 9.97. The second-order valence-corrected chi connectivity index (χ2v) is 11.7. The van der Waals surface area contributed by atoms with Crippen LogP contribution in [0.15, 0.2) is 80.6 Å². The number of nitriles is 1. The molecule has 0 radical (unpaired) electrons. The van der Waals surface area contributed by atoms with Crippen LogP contribution in [0.4, 0.5) is 0 Å². The molecular formula is C34H30BrN3O7S.